The maximum absolute atomic E-state index is 11.7. The summed E-state index contributed by atoms with van der Waals surface area (Å²) in [5.41, 5.74) is 0.688. The first-order valence-corrected chi connectivity index (χ1v) is 6.21. The minimum atomic E-state index is -0.114. The van der Waals surface area contributed by atoms with Gasteiger partial charge in [0.15, 0.2) is 0 Å². The average molecular weight is 286 g/mol. The number of aromatic nitrogens is 2. The zero-order valence-corrected chi connectivity index (χ0v) is 11.3. The average Bonchev–Trinajstić information content (AvgIpc) is 3.02. The zero-order valence-electron chi connectivity index (χ0n) is 9.75. The third-order valence-corrected chi connectivity index (χ3v) is 3.90. The molecule has 0 atom stereocenters. The van der Waals surface area contributed by atoms with Gasteiger partial charge < -0.3 is 5.32 Å². The first-order chi connectivity index (χ1) is 7.42. The largest absolute Gasteiger partial charge is 0.378 e. The Hall–Kier alpha value is -0.840. The van der Waals surface area contributed by atoms with Crippen LogP contribution < -0.4 is 10.9 Å². The van der Waals surface area contributed by atoms with Crippen molar-refractivity contribution in [3.63, 3.8) is 0 Å². The zero-order chi connectivity index (χ0) is 11.9. The molecule has 1 N–H and O–H groups in total. The number of halogens is 1. The summed E-state index contributed by atoms with van der Waals surface area (Å²) in [5, 5.41) is 7.41. The summed E-state index contributed by atoms with van der Waals surface area (Å²) in [5.74, 6) is 0.698. The van der Waals surface area contributed by atoms with Crippen molar-refractivity contribution in [1.82, 2.24) is 9.78 Å². The van der Waals surface area contributed by atoms with E-state index in [1.807, 2.05) is 0 Å². The van der Waals surface area contributed by atoms with Crippen LogP contribution in [0.5, 0.6) is 0 Å². The third-order valence-electron chi connectivity index (χ3n) is 3.13. The van der Waals surface area contributed by atoms with Gasteiger partial charge in [0, 0.05) is 12.6 Å². The van der Waals surface area contributed by atoms with Crippen LogP contribution in [0.15, 0.2) is 15.5 Å². The van der Waals surface area contributed by atoms with Crippen molar-refractivity contribution in [3.8, 4) is 0 Å². The van der Waals surface area contributed by atoms with Crippen LogP contribution in [0.2, 0.25) is 0 Å². The fourth-order valence-corrected chi connectivity index (χ4v) is 2.31. The quantitative estimate of drug-likeness (QED) is 0.926. The molecule has 4 nitrogen and oxygen atoms in total. The molecule has 1 saturated carbocycles. The molecule has 0 aromatic carbocycles. The standard InChI is InChI=1S/C11H16BrN3O/c1-11(2,7-4-5-7)14-8-6-13-15(3)10(16)9(8)12/h6-7,14H,4-5H2,1-3H3. The van der Waals surface area contributed by atoms with Crippen LogP contribution in [0.25, 0.3) is 0 Å². The Labute approximate surface area is 103 Å². The Kier molecular flexibility index (Phi) is 2.82. The molecule has 2 rings (SSSR count). The molecule has 0 amide bonds. The second kappa shape index (κ2) is 3.87. The lowest BCUT2D eigenvalue weighted by molar-refractivity contribution is 0.493. The Bertz CT molecular complexity index is 463. The second-order valence-corrected chi connectivity index (χ2v) is 5.71. The highest BCUT2D eigenvalue weighted by Crippen LogP contribution is 2.41. The van der Waals surface area contributed by atoms with E-state index in [0.717, 1.165) is 5.69 Å². The van der Waals surface area contributed by atoms with Crippen LogP contribution in [0.4, 0.5) is 5.69 Å². The molecule has 0 saturated heterocycles. The number of rotatable bonds is 3. The van der Waals surface area contributed by atoms with Crippen molar-refractivity contribution in [2.45, 2.75) is 32.2 Å². The molecular formula is C11H16BrN3O. The molecule has 0 aliphatic heterocycles. The minimum Gasteiger partial charge on any atom is -0.378 e. The summed E-state index contributed by atoms with van der Waals surface area (Å²) >= 11 is 3.32. The van der Waals surface area contributed by atoms with Crippen LogP contribution in [-0.2, 0) is 7.05 Å². The lowest BCUT2D eigenvalue weighted by atomic mass is 9.98. The van der Waals surface area contributed by atoms with E-state index >= 15 is 0 Å². The Morgan fingerprint density at radius 1 is 1.56 bits per heavy atom. The van der Waals surface area contributed by atoms with Gasteiger partial charge in [-0.15, -0.1) is 0 Å². The third kappa shape index (κ3) is 2.14. The molecule has 16 heavy (non-hydrogen) atoms. The molecule has 1 heterocycles. The van der Waals surface area contributed by atoms with Crippen molar-refractivity contribution in [2.75, 3.05) is 5.32 Å². The molecular weight excluding hydrogens is 270 g/mol. The summed E-state index contributed by atoms with van der Waals surface area (Å²) in [6.07, 6.45) is 4.21. The summed E-state index contributed by atoms with van der Waals surface area (Å²) in [6.45, 7) is 4.32. The second-order valence-electron chi connectivity index (χ2n) is 4.92. The summed E-state index contributed by atoms with van der Waals surface area (Å²) in [4.78, 5) is 11.7. The topological polar surface area (TPSA) is 46.9 Å². The van der Waals surface area contributed by atoms with Crippen molar-refractivity contribution in [1.29, 1.82) is 0 Å². The van der Waals surface area contributed by atoms with Crippen molar-refractivity contribution >= 4 is 21.6 Å². The normalized spacial score (nSPS) is 16.2. The van der Waals surface area contributed by atoms with Crippen molar-refractivity contribution in [3.05, 3.63) is 21.0 Å². The van der Waals surface area contributed by atoms with Gasteiger partial charge in [-0.05, 0) is 48.5 Å². The van der Waals surface area contributed by atoms with Crippen molar-refractivity contribution in [2.24, 2.45) is 13.0 Å². The first-order valence-electron chi connectivity index (χ1n) is 5.42. The molecule has 0 unspecified atom stereocenters. The predicted molar refractivity (Wildman–Crippen MR) is 67.6 cm³/mol. The van der Waals surface area contributed by atoms with Crippen molar-refractivity contribution < 1.29 is 0 Å². The van der Waals surface area contributed by atoms with Gasteiger partial charge in [-0.1, -0.05) is 0 Å². The maximum atomic E-state index is 11.7. The molecule has 1 aromatic heterocycles. The van der Waals surface area contributed by atoms with Gasteiger partial charge in [0.05, 0.1) is 11.9 Å². The maximum Gasteiger partial charge on any atom is 0.282 e. The van der Waals surface area contributed by atoms with Crippen LogP contribution >= 0.6 is 15.9 Å². The number of hydrogen-bond donors (Lipinski definition) is 1. The Balaban J connectivity index is 2.28. The van der Waals surface area contributed by atoms with Gasteiger partial charge in [-0.3, -0.25) is 4.79 Å². The van der Waals surface area contributed by atoms with Gasteiger partial charge in [-0.2, -0.15) is 5.10 Å². The number of aryl methyl sites for hydroxylation is 1. The Morgan fingerprint density at radius 2 is 2.19 bits per heavy atom. The Morgan fingerprint density at radius 3 is 2.75 bits per heavy atom. The highest BCUT2D eigenvalue weighted by Gasteiger charge is 2.38. The van der Waals surface area contributed by atoms with Gasteiger partial charge in [0.1, 0.15) is 4.47 Å². The molecule has 0 spiro atoms. The van der Waals surface area contributed by atoms with Crippen LogP contribution in [-0.4, -0.2) is 15.3 Å². The van der Waals surface area contributed by atoms with E-state index in [2.05, 4.69) is 40.2 Å². The van der Waals surface area contributed by atoms with E-state index in [1.54, 1.807) is 13.2 Å². The van der Waals surface area contributed by atoms with Gasteiger partial charge in [0.2, 0.25) is 0 Å². The fraction of sp³-hybridized carbons (Fsp3) is 0.636. The van der Waals surface area contributed by atoms with Crippen LogP contribution in [0.3, 0.4) is 0 Å². The summed E-state index contributed by atoms with van der Waals surface area (Å²) in [7, 11) is 1.64. The monoisotopic (exact) mass is 285 g/mol. The number of anilines is 1. The van der Waals surface area contributed by atoms with Crippen LogP contribution in [0.1, 0.15) is 26.7 Å². The number of hydrogen-bond acceptors (Lipinski definition) is 3. The highest BCUT2D eigenvalue weighted by atomic mass is 79.9. The highest BCUT2D eigenvalue weighted by molar-refractivity contribution is 9.10. The summed E-state index contributed by atoms with van der Waals surface area (Å²) in [6, 6.07) is 0. The molecule has 5 heteroatoms. The van der Waals surface area contributed by atoms with E-state index in [-0.39, 0.29) is 11.1 Å². The van der Waals surface area contributed by atoms with E-state index < -0.39 is 0 Å². The molecule has 1 aromatic rings. The predicted octanol–water partition coefficient (Wildman–Crippen LogP) is 2.14. The van der Waals surface area contributed by atoms with E-state index in [4.69, 9.17) is 0 Å². The van der Waals surface area contributed by atoms with E-state index in [9.17, 15) is 4.79 Å². The van der Waals surface area contributed by atoms with Gasteiger partial charge in [0.25, 0.3) is 5.56 Å². The lowest BCUT2D eigenvalue weighted by Gasteiger charge is -2.27. The molecule has 1 fully saturated rings. The molecule has 0 bridgehead atoms. The number of nitrogens with one attached hydrogen (secondary N) is 1. The molecule has 88 valence electrons. The molecule has 1 aliphatic carbocycles. The SMILES string of the molecule is Cn1ncc(NC(C)(C)C2CC2)c(Br)c1=O. The minimum absolute atomic E-state index is 0.0244. The molecule has 0 radical (unpaired) electrons. The molecule has 1 aliphatic rings. The lowest BCUT2D eigenvalue weighted by Crippen LogP contribution is -2.34. The van der Waals surface area contributed by atoms with E-state index in [1.165, 1.54) is 17.5 Å². The number of nitrogens with zero attached hydrogens (tertiary/aromatic N) is 2. The smallest absolute Gasteiger partial charge is 0.282 e. The van der Waals surface area contributed by atoms with E-state index in [0.29, 0.717) is 10.4 Å². The fourth-order valence-electron chi connectivity index (χ4n) is 1.85. The summed E-state index contributed by atoms with van der Waals surface area (Å²) < 4.78 is 1.87. The van der Waals surface area contributed by atoms with Gasteiger partial charge >= 0.3 is 0 Å². The van der Waals surface area contributed by atoms with Crippen LogP contribution in [0, 0.1) is 5.92 Å². The first kappa shape index (κ1) is 11.6. The van der Waals surface area contributed by atoms with Gasteiger partial charge in [-0.25, -0.2) is 4.68 Å².